The number of anilines is 1. The van der Waals surface area contributed by atoms with E-state index < -0.39 is 18.5 Å². The Morgan fingerprint density at radius 1 is 1.08 bits per heavy atom. The molecule has 7 nitrogen and oxygen atoms in total. The van der Waals surface area contributed by atoms with Gasteiger partial charge in [0.25, 0.3) is 5.91 Å². The van der Waals surface area contributed by atoms with Gasteiger partial charge in [-0.1, -0.05) is 22.0 Å². The largest absolute Gasteiger partial charge is 0.482 e. The summed E-state index contributed by atoms with van der Waals surface area (Å²) >= 11 is 4.37. The van der Waals surface area contributed by atoms with Crippen molar-refractivity contribution in [1.82, 2.24) is 8.75 Å². The van der Waals surface area contributed by atoms with Gasteiger partial charge >= 0.3 is 5.97 Å². The highest BCUT2D eigenvalue weighted by Crippen LogP contribution is 2.21. The minimum absolute atomic E-state index is 0.277. The SMILES string of the molecule is O=C(COC(=O)COc1ccc(Br)cc1)Nc1cccc2nsnc12. The summed E-state index contributed by atoms with van der Waals surface area (Å²) in [6, 6.07) is 12.3. The summed E-state index contributed by atoms with van der Waals surface area (Å²) in [5, 5.41) is 2.65. The lowest BCUT2D eigenvalue weighted by Crippen LogP contribution is -2.23. The van der Waals surface area contributed by atoms with E-state index >= 15 is 0 Å². The molecule has 1 heterocycles. The third-order valence-corrected chi connectivity index (χ3v) is 4.17. The molecule has 1 amide bonds. The van der Waals surface area contributed by atoms with Crippen molar-refractivity contribution >= 4 is 56.3 Å². The van der Waals surface area contributed by atoms with Gasteiger partial charge in [0.05, 0.1) is 17.4 Å². The highest BCUT2D eigenvalue weighted by Gasteiger charge is 2.11. The Hall–Kier alpha value is -2.52. The van der Waals surface area contributed by atoms with Crippen molar-refractivity contribution < 1.29 is 19.1 Å². The first-order valence-electron chi connectivity index (χ1n) is 7.17. The lowest BCUT2D eigenvalue weighted by molar-refractivity contribution is -0.149. The maximum Gasteiger partial charge on any atom is 0.344 e. The number of fused-ring (bicyclic) bond motifs is 1. The van der Waals surface area contributed by atoms with Gasteiger partial charge in [-0.25, -0.2) is 4.79 Å². The molecule has 3 rings (SSSR count). The van der Waals surface area contributed by atoms with Crippen LogP contribution in [0.5, 0.6) is 5.75 Å². The first kappa shape index (κ1) is 17.3. The number of carbonyl (C=O) groups excluding carboxylic acids is 2. The third-order valence-electron chi connectivity index (χ3n) is 3.09. The van der Waals surface area contributed by atoms with E-state index in [4.69, 9.17) is 9.47 Å². The number of aromatic nitrogens is 2. The van der Waals surface area contributed by atoms with Gasteiger partial charge in [-0.05, 0) is 36.4 Å². The number of esters is 1. The van der Waals surface area contributed by atoms with Crippen LogP contribution in [0.1, 0.15) is 0 Å². The van der Waals surface area contributed by atoms with E-state index in [0.29, 0.717) is 22.5 Å². The predicted molar refractivity (Wildman–Crippen MR) is 96.6 cm³/mol. The normalized spacial score (nSPS) is 10.4. The molecule has 9 heteroatoms. The van der Waals surface area contributed by atoms with Gasteiger partial charge in [-0.15, -0.1) is 0 Å². The van der Waals surface area contributed by atoms with Gasteiger partial charge in [-0.2, -0.15) is 8.75 Å². The van der Waals surface area contributed by atoms with E-state index in [2.05, 4.69) is 30.0 Å². The Morgan fingerprint density at radius 3 is 2.68 bits per heavy atom. The van der Waals surface area contributed by atoms with Crippen molar-refractivity contribution in [2.75, 3.05) is 18.5 Å². The summed E-state index contributed by atoms with van der Waals surface area (Å²) in [5.41, 5.74) is 1.83. The van der Waals surface area contributed by atoms with Crippen molar-refractivity contribution in [2.24, 2.45) is 0 Å². The molecule has 0 aliphatic rings. The van der Waals surface area contributed by atoms with Crippen LogP contribution >= 0.6 is 27.7 Å². The average molecular weight is 422 g/mol. The molecule has 128 valence electrons. The number of hydrogen-bond acceptors (Lipinski definition) is 7. The van der Waals surface area contributed by atoms with Crippen LogP contribution in [-0.2, 0) is 14.3 Å². The monoisotopic (exact) mass is 421 g/mol. The fourth-order valence-corrected chi connectivity index (χ4v) is 2.77. The van der Waals surface area contributed by atoms with Gasteiger partial charge in [0.15, 0.2) is 13.2 Å². The van der Waals surface area contributed by atoms with Crippen molar-refractivity contribution in [3.63, 3.8) is 0 Å². The van der Waals surface area contributed by atoms with Crippen molar-refractivity contribution in [1.29, 1.82) is 0 Å². The zero-order valence-corrected chi connectivity index (χ0v) is 15.2. The highest BCUT2D eigenvalue weighted by molar-refractivity contribution is 9.10. The quantitative estimate of drug-likeness (QED) is 0.615. The fourth-order valence-electron chi connectivity index (χ4n) is 1.95. The molecule has 25 heavy (non-hydrogen) atoms. The Labute approximate surface area is 155 Å². The molecule has 0 bridgehead atoms. The second-order valence-corrected chi connectivity index (χ2v) is 6.33. The molecule has 1 N–H and O–H groups in total. The standard InChI is InChI=1S/C16H12BrN3O4S/c17-10-4-6-11(7-5-10)23-9-15(22)24-8-14(21)18-12-2-1-3-13-16(12)20-25-19-13/h1-7H,8-9H2,(H,18,21). The molecule has 2 aromatic carbocycles. The maximum atomic E-state index is 11.9. The minimum Gasteiger partial charge on any atom is -0.482 e. The smallest absolute Gasteiger partial charge is 0.344 e. The molecule has 0 radical (unpaired) electrons. The van der Waals surface area contributed by atoms with Gasteiger partial charge in [0.2, 0.25) is 0 Å². The van der Waals surface area contributed by atoms with Crippen molar-refractivity contribution in [2.45, 2.75) is 0 Å². The van der Waals surface area contributed by atoms with E-state index in [1.807, 2.05) is 0 Å². The molecule has 0 saturated carbocycles. The van der Waals surface area contributed by atoms with Crippen LogP contribution in [0, 0.1) is 0 Å². The first-order valence-corrected chi connectivity index (χ1v) is 8.69. The summed E-state index contributed by atoms with van der Waals surface area (Å²) in [5.74, 6) is -0.559. The number of hydrogen-bond donors (Lipinski definition) is 1. The molecule has 0 saturated heterocycles. The first-order chi connectivity index (χ1) is 12.1. The zero-order chi connectivity index (χ0) is 17.6. The van der Waals surface area contributed by atoms with Crippen LogP contribution in [0.2, 0.25) is 0 Å². The zero-order valence-electron chi connectivity index (χ0n) is 12.8. The van der Waals surface area contributed by atoms with E-state index in [1.54, 1.807) is 42.5 Å². The van der Waals surface area contributed by atoms with E-state index in [0.717, 1.165) is 16.2 Å². The lowest BCUT2D eigenvalue weighted by Gasteiger charge is -2.08. The molecule has 0 fully saturated rings. The Morgan fingerprint density at radius 2 is 1.88 bits per heavy atom. The molecule has 0 unspecified atom stereocenters. The molecular weight excluding hydrogens is 410 g/mol. The van der Waals surface area contributed by atoms with E-state index in [1.165, 1.54) is 0 Å². The molecule has 0 spiro atoms. The van der Waals surface area contributed by atoms with Gasteiger partial charge in [0, 0.05) is 4.47 Å². The van der Waals surface area contributed by atoms with E-state index in [-0.39, 0.29) is 6.61 Å². The predicted octanol–water partition coefficient (Wildman–Crippen LogP) is 3.01. The fraction of sp³-hybridized carbons (Fsp3) is 0.125. The van der Waals surface area contributed by atoms with Crippen LogP contribution in [0.4, 0.5) is 5.69 Å². The number of rotatable bonds is 6. The maximum absolute atomic E-state index is 11.9. The van der Waals surface area contributed by atoms with Crippen molar-refractivity contribution in [3.8, 4) is 5.75 Å². The Bertz CT molecular complexity index is 898. The number of halogens is 1. The van der Waals surface area contributed by atoms with Crippen LogP contribution < -0.4 is 10.1 Å². The summed E-state index contributed by atoms with van der Waals surface area (Å²) in [6.45, 7) is -0.684. The number of nitrogens with one attached hydrogen (secondary N) is 1. The van der Waals surface area contributed by atoms with Crippen molar-refractivity contribution in [3.05, 3.63) is 46.9 Å². The summed E-state index contributed by atoms with van der Waals surface area (Å²) in [6.07, 6.45) is 0. The number of ether oxygens (including phenoxy) is 2. The van der Waals surface area contributed by atoms with Gasteiger partial charge < -0.3 is 14.8 Å². The number of benzene rings is 2. The number of amides is 1. The summed E-state index contributed by atoms with van der Waals surface area (Å²) in [4.78, 5) is 23.6. The molecule has 0 aliphatic heterocycles. The van der Waals surface area contributed by atoms with E-state index in [9.17, 15) is 9.59 Å². The summed E-state index contributed by atoms with van der Waals surface area (Å²) in [7, 11) is 0. The van der Waals surface area contributed by atoms with Gasteiger partial charge in [0.1, 0.15) is 16.8 Å². The Balaban J connectivity index is 1.46. The molecule has 1 aromatic heterocycles. The van der Waals surface area contributed by atoms with Crippen LogP contribution in [-0.4, -0.2) is 33.8 Å². The second-order valence-electron chi connectivity index (χ2n) is 4.89. The number of nitrogens with zero attached hydrogens (tertiary/aromatic N) is 2. The minimum atomic E-state index is -0.633. The van der Waals surface area contributed by atoms with Crippen LogP contribution in [0.15, 0.2) is 46.9 Å². The lowest BCUT2D eigenvalue weighted by atomic mass is 10.2. The second kappa shape index (κ2) is 8.04. The molecular formula is C16H12BrN3O4S. The molecule has 0 atom stereocenters. The Kier molecular flexibility index (Phi) is 5.56. The van der Waals surface area contributed by atoms with Crippen LogP contribution in [0.25, 0.3) is 11.0 Å². The van der Waals surface area contributed by atoms with Gasteiger partial charge in [-0.3, -0.25) is 4.79 Å². The summed E-state index contributed by atoms with van der Waals surface area (Å²) < 4.78 is 19.3. The topological polar surface area (TPSA) is 90.4 Å². The average Bonchev–Trinajstić information content (AvgIpc) is 3.09. The van der Waals surface area contributed by atoms with Crippen LogP contribution in [0.3, 0.4) is 0 Å². The third kappa shape index (κ3) is 4.74. The molecule has 3 aromatic rings. The highest BCUT2D eigenvalue weighted by atomic mass is 79.9. The number of carbonyl (C=O) groups is 2. The molecule has 0 aliphatic carbocycles.